The number of alkyl halides is 2. The second kappa shape index (κ2) is 7.17. The van der Waals surface area contributed by atoms with Gasteiger partial charge in [0.2, 0.25) is 0 Å². The van der Waals surface area contributed by atoms with Crippen LogP contribution in [0.2, 0.25) is 0 Å². The predicted molar refractivity (Wildman–Crippen MR) is 96.2 cm³/mol. The van der Waals surface area contributed by atoms with Gasteiger partial charge in [0.1, 0.15) is 23.2 Å². The van der Waals surface area contributed by atoms with Crippen molar-refractivity contribution in [3.8, 4) is 5.75 Å². The molecule has 0 spiro atoms. The molecule has 2 aliphatic rings. The van der Waals surface area contributed by atoms with Crippen LogP contribution in [0.25, 0.3) is 0 Å². The highest BCUT2D eigenvalue weighted by molar-refractivity contribution is 5.98. The second-order valence-electron chi connectivity index (χ2n) is 7.11. The Hall–Kier alpha value is -2.64. The zero-order valence-electron chi connectivity index (χ0n) is 15.0. The van der Waals surface area contributed by atoms with Gasteiger partial charge in [-0.1, -0.05) is 12.1 Å². The molecule has 27 heavy (non-hydrogen) atoms. The number of carbonyl (C=O) groups is 1. The lowest BCUT2D eigenvalue weighted by Crippen LogP contribution is -2.37. The van der Waals surface area contributed by atoms with Crippen LogP contribution in [0.5, 0.6) is 5.75 Å². The van der Waals surface area contributed by atoms with E-state index in [1.54, 1.807) is 7.11 Å². The molecule has 0 bridgehead atoms. The number of anilines is 1. The number of amides is 1. The molecule has 8 heteroatoms. The lowest BCUT2D eigenvalue weighted by molar-refractivity contribution is 0.0644. The SMILES string of the molecule is COc1ccc(CNC(=O)c2cnn3c2N[C@H](C2CC2)C[C@H]3C(F)F)cc1. The van der Waals surface area contributed by atoms with Gasteiger partial charge in [-0.2, -0.15) is 5.10 Å². The molecule has 6 nitrogen and oxygen atoms in total. The fourth-order valence-electron chi connectivity index (χ4n) is 3.56. The molecule has 1 aromatic heterocycles. The van der Waals surface area contributed by atoms with E-state index in [0.29, 0.717) is 30.3 Å². The van der Waals surface area contributed by atoms with Crippen LogP contribution < -0.4 is 15.4 Å². The zero-order chi connectivity index (χ0) is 19.0. The summed E-state index contributed by atoms with van der Waals surface area (Å²) >= 11 is 0. The molecule has 0 saturated heterocycles. The molecule has 1 aliphatic heterocycles. The van der Waals surface area contributed by atoms with Gasteiger partial charge < -0.3 is 15.4 Å². The number of nitrogens with zero attached hydrogens (tertiary/aromatic N) is 2. The molecule has 1 aromatic carbocycles. The van der Waals surface area contributed by atoms with Gasteiger partial charge in [0.05, 0.1) is 13.3 Å². The standard InChI is InChI=1S/C19H22F2N4O2/c1-27-13-6-2-11(3-7-13)9-22-19(26)14-10-23-25-16(17(20)21)8-15(12-4-5-12)24-18(14)25/h2-3,6-7,10,12,15-17,24H,4-5,8-9H2,1H3,(H,22,26)/t15-,16-/m0/s1. The number of hydrogen-bond donors (Lipinski definition) is 2. The number of rotatable bonds is 6. The average Bonchev–Trinajstić information content (AvgIpc) is 3.45. The second-order valence-corrected chi connectivity index (χ2v) is 7.11. The minimum Gasteiger partial charge on any atom is -0.497 e. The predicted octanol–water partition coefficient (Wildman–Crippen LogP) is 3.22. The van der Waals surface area contributed by atoms with Crippen molar-refractivity contribution in [1.29, 1.82) is 0 Å². The minimum absolute atomic E-state index is 0.0265. The summed E-state index contributed by atoms with van der Waals surface area (Å²) in [6.45, 7) is 0.331. The van der Waals surface area contributed by atoms with Crippen LogP contribution in [0.15, 0.2) is 30.5 Å². The van der Waals surface area contributed by atoms with Crippen molar-refractivity contribution in [3.63, 3.8) is 0 Å². The molecule has 2 aromatic rings. The van der Waals surface area contributed by atoms with Gasteiger partial charge in [-0.05, 0) is 42.9 Å². The molecular formula is C19H22F2N4O2. The maximum atomic E-state index is 13.5. The molecule has 1 amide bonds. The molecule has 1 aliphatic carbocycles. The molecular weight excluding hydrogens is 354 g/mol. The summed E-state index contributed by atoms with van der Waals surface area (Å²) in [6, 6.07) is 6.34. The van der Waals surface area contributed by atoms with Gasteiger partial charge in [-0.25, -0.2) is 13.5 Å². The average molecular weight is 376 g/mol. The highest BCUT2D eigenvalue weighted by Crippen LogP contribution is 2.42. The quantitative estimate of drug-likeness (QED) is 0.812. The van der Waals surface area contributed by atoms with E-state index in [9.17, 15) is 13.6 Å². The Labute approximate surface area is 155 Å². The van der Waals surface area contributed by atoms with Gasteiger partial charge in [-0.3, -0.25) is 4.79 Å². The van der Waals surface area contributed by atoms with Crippen molar-refractivity contribution in [2.24, 2.45) is 5.92 Å². The van der Waals surface area contributed by atoms with Gasteiger partial charge in [0.15, 0.2) is 0 Å². The van der Waals surface area contributed by atoms with Crippen LogP contribution in [-0.2, 0) is 6.54 Å². The van der Waals surface area contributed by atoms with Crippen molar-refractivity contribution in [1.82, 2.24) is 15.1 Å². The summed E-state index contributed by atoms with van der Waals surface area (Å²) in [7, 11) is 1.59. The van der Waals surface area contributed by atoms with E-state index in [2.05, 4.69) is 15.7 Å². The van der Waals surface area contributed by atoms with Gasteiger partial charge >= 0.3 is 0 Å². The smallest absolute Gasteiger partial charge is 0.260 e. The van der Waals surface area contributed by atoms with E-state index in [4.69, 9.17) is 4.74 Å². The highest BCUT2D eigenvalue weighted by atomic mass is 19.3. The van der Waals surface area contributed by atoms with Gasteiger partial charge in [0.25, 0.3) is 12.3 Å². The van der Waals surface area contributed by atoms with Crippen LogP contribution in [0.4, 0.5) is 14.6 Å². The van der Waals surface area contributed by atoms with Crippen molar-refractivity contribution in [3.05, 3.63) is 41.6 Å². The molecule has 2 heterocycles. The fraction of sp³-hybridized carbons (Fsp3) is 0.474. The lowest BCUT2D eigenvalue weighted by Gasteiger charge is -2.32. The molecule has 4 rings (SSSR count). The number of benzene rings is 1. The van der Waals surface area contributed by atoms with Crippen LogP contribution in [0.1, 0.15) is 41.2 Å². The maximum absolute atomic E-state index is 13.5. The molecule has 0 radical (unpaired) electrons. The largest absolute Gasteiger partial charge is 0.497 e. The van der Waals surface area contributed by atoms with E-state index in [-0.39, 0.29) is 11.9 Å². The van der Waals surface area contributed by atoms with E-state index >= 15 is 0 Å². The fourth-order valence-corrected chi connectivity index (χ4v) is 3.56. The van der Waals surface area contributed by atoms with Crippen molar-refractivity contribution in [2.45, 2.75) is 44.3 Å². The first-order valence-corrected chi connectivity index (χ1v) is 9.10. The van der Waals surface area contributed by atoms with Crippen molar-refractivity contribution >= 4 is 11.7 Å². The molecule has 1 fully saturated rings. The first-order valence-electron chi connectivity index (χ1n) is 9.10. The Morgan fingerprint density at radius 2 is 2.11 bits per heavy atom. The summed E-state index contributed by atoms with van der Waals surface area (Å²) in [5.74, 6) is 1.22. The lowest BCUT2D eigenvalue weighted by atomic mass is 10.00. The van der Waals surface area contributed by atoms with E-state index in [1.165, 1.54) is 10.9 Å². The first-order chi connectivity index (χ1) is 13.1. The Morgan fingerprint density at radius 1 is 1.37 bits per heavy atom. The number of hydrogen-bond acceptors (Lipinski definition) is 4. The van der Waals surface area contributed by atoms with Crippen molar-refractivity contribution < 1.29 is 18.3 Å². The maximum Gasteiger partial charge on any atom is 0.260 e. The number of ether oxygens (including phenoxy) is 1. The molecule has 0 unspecified atom stereocenters. The van der Waals surface area contributed by atoms with Crippen molar-refractivity contribution in [2.75, 3.05) is 12.4 Å². The molecule has 2 N–H and O–H groups in total. The van der Waals surface area contributed by atoms with Crippen LogP contribution in [-0.4, -0.2) is 35.3 Å². The molecule has 2 atom stereocenters. The number of methoxy groups -OCH3 is 1. The minimum atomic E-state index is -2.51. The summed E-state index contributed by atoms with van der Waals surface area (Å²) in [6.07, 6.45) is 1.28. The third kappa shape index (κ3) is 3.61. The summed E-state index contributed by atoms with van der Waals surface area (Å²) in [5, 5.41) is 10.2. The third-order valence-corrected chi connectivity index (χ3v) is 5.27. The number of halogens is 2. The Morgan fingerprint density at radius 3 is 2.74 bits per heavy atom. The number of carbonyl (C=O) groups excluding carboxylic acids is 1. The monoisotopic (exact) mass is 376 g/mol. The van der Waals surface area contributed by atoms with Gasteiger partial charge in [-0.15, -0.1) is 0 Å². The molecule has 1 saturated carbocycles. The number of fused-ring (bicyclic) bond motifs is 1. The van der Waals surface area contributed by atoms with Crippen LogP contribution >= 0.6 is 0 Å². The first kappa shape index (κ1) is 17.8. The Kier molecular flexibility index (Phi) is 4.72. The highest BCUT2D eigenvalue weighted by Gasteiger charge is 2.41. The topological polar surface area (TPSA) is 68.2 Å². The van der Waals surface area contributed by atoms with E-state index in [0.717, 1.165) is 24.2 Å². The summed E-state index contributed by atoms with van der Waals surface area (Å²) < 4.78 is 33.4. The number of nitrogens with one attached hydrogen (secondary N) is 2. The van der Waals surface area contributed by atoms with E-state index in [1.807, 2.05) is 24.3 Å². The summed E-state index contributed by atoms with van der Waals surface area (Å²) in [4.78, 5) is 12.6. The zero-order valence-corrected chi connectivity index (χ0v) is 15.0. The van der Waals surface area contributed by atoms with Gasteiger partial charge in [0, 0.05) is 12.6 Å². The van der Waals surface area contributed by atoms with E-state index < -0.39 is 12.5 Å². The Balaban J connectivity index is 1.49. The normalized spacial score (nSPS) is 21.5. The third-order valence-electron chi connectivity index (χ3n) is 5.27. The number of aromatic nitrogens is 2. The summed E-state index contributed by atoms with van der Waals surface area (Å²) in [5.41, 5.74) is 1.22. The molecule has 144 valence electrons. The Bertz CT molecular complexity index is 818. The van der Waals surface area contributed by atoms with Crippen LogP contribution in [0.3, 0.4) is 0 Å². The van der Waals surface area contributed by atoms with Crippen LogP contribution in [0, 0.1) is 5.92 Å².